The molecule has 1 aliphatic rings. The normalized spacial score (nSPS) is 21.1. The molecule has 0 unspecified atom stereocenters. The van der Waals surface area contributed by atoms with Crippen LogP contribution in [-0.4, -0.2) is 48.8 Å². The second-order valence-electron chi connectivity index (χ2n) is 14.1. The fourth-order valence-corrected chi connectivity index (χ4v) is 67.1. The zero-order valence-electron chi connectivity index (χ0n) is 21.9. The van der Waals surface area contributed by atoms with Gasteiger partial charge < -0.3 is 8.61 Å². The molecule has 154 valence electrons. The first-order valence-electron chi connectivity index (χ1n) is 10.7. The molecule has 1 heterocycles. The van der Waals surface area contributed by atoms with E-state index in [9.17, 15) is 0 Å². The van der Waals surface area contributed by atoms with Gasteiger partial charge in [0.05, 0.1) is 0 Å². The van der Waals surface area contributed by atoms with Gasteiger partial charge in [0.2, 0.25) is 0 Å². The molecule has 0 aromatic carbocycles. The van der Waals surface area contributed by atoms with Crippen molar-refractivity contribution >= 4 is 48.8 Å². The smallest absolute Gasteiger partial charge is 0.451 e. The van der Waals surface area contributed by atoms with E-state index < -0.39 is 40.2 Å². The predicted octanol–water partition coefficient (Wildman–Crippen LogP) is 4.69. The molecule has 0 amide bonds. The van der Waals surface area contributed by atoms with Gasteiger partial charge >= 0.3 is 51.4 Å². The second-order valence-corrected chi connectivity index (χ2v) is 44.9. The number of hydrogen-bond acceptors (Lipinski definition) is 0. The number of hydrogen-bond donors (Lipinski definition) is 0. The van der Waals surface area contributed by atoms with E-state index in [2.05, 4.69) is 99.3 Å². The molecule has 0 aliphatic carbocycles. The van der Waals surface area contributed by atoms with Gasteiger partial charge in [-0.25, -0.2) is 7.89 Å². The Balaban J connectivity index is 0.00000676. The van der Waals surface area contributed by atoms with Crippen LogP contribution >= 0.6 is 0 Å². The Morgan fingerprint density at radius 2 is 0.815 bits per heavy atom. The third-order valence-corrected chi connectivity index (χ3v) is 51.4. The molecule has 1 saturated heterocycles. The van der Waals surface area contributed by atoms with Crippen molar-refractivity contribution < 1.29 is 51.4 Å². The Kier molecular flexibility index (Phi) is 9.65. The molecule has 0 aromatic rings. The molecule has 0 N–H and O–H groups in total. The van der Waals surface area contributed by atoms with Crippen LogP contribution in [-0.2, 0) is 0 Å². The van der Waals surface area contributed by atoms with Crippen molar-refractivity contribution in [2.45, 2.75) is 126 Å². The summed E-state index contributed by atoms with van der Waals surface area (Å²) in [6.07, 6.45) is 3.20. The maximum Gasteiger partial charge on any atom is 1.00 e. The van der Waals surface area contributed by atoms with E-state index in [0.717, 1.165) is 8.57 Å². The molecule has 0 saturated carbocycles. The van der Waals surface area contributed by atoms with Gasteiger partial charge in [-0.3, -0.25) is 0 Å². The summed E-state index contributed by atoms with van der Waals surface area (Å²) in [7, 11) is -4.23. The van der Waals surface area contributed by atoms with E-state index in [-0.39, 0.29) is 51.4 Å². The number of rotatable bonds is 4. The molecule has 0 radical (unpaired) electrons. The van der Waals surface area contributed by atoms with E-state index >= 15 is 0 Å². The molecule has 1 aliphatic heterocycles. The summed E-state index contributed by atoms with van der Waals surface area (Å²) < 4.78 is 1.61. The quantitative estimate of drug-likeness (QED) is 0.495. The van der Waals surface area contributed by atoms with E-state index in [1.54, 1.807) is 12.8 Å². The third kappa shape index (κ3) is 5.30. The largest absolute Gasteiger partial charge is 1.00 e. The zero-order chi connectivity index (χ0) is 21.2. The van der Waals surface area contributed by atoms with Crippen LogP contribution in [0.2, 0.25) is 92.2 Å². The van der Waals surface area contributed by atoms with Crippen molar-refractivity contribution in [1.29, 1.82) is 0 Å². The summed E-state index contributed by atoms with van der Waals surface area (Å²) in [4.78, 5) is 0. The van der Waals surface area contributed by atoms with E-state index in [1.165, 1.54) is 8.61 Å². The van der Waals surface area contributed by atoms with Crippen LogP contribution < -0.4 is 51.4 Å². The minimum Gasteiger partial charge on any atom is -0.451 e. The molecule has 0 bridgehead atoms. The molecule has 7 heteroatoms. The maximum atomic E-state index is 2.76. The van der Waals surface area contributed by atoms with Crippen LogP contribution in [0, 0.1) is 0 Å². The van der Waals surface area contributed by atoms with Crippen LogP contribution in [0.4, 0.5) is 0 Å². The van der Waals surface area contributed by atoms with Crippen molar-refractivity contribution in [2.24, 2.45) is 0 Å². The summed E-state index contributed by atoms with van der Waals surface area (Å²) in [5.41, 5.74) is 0. The fourth-order valence-electron chi connectivity index (χ4n) is 6.83. The van der Waals surface area contributed by atoms with Crippen molar-refractivity contribution in [3.05, 3.63) is 0 Å². The Morgan fingerprint density at radius 3 is 0.963 bits per heavy atom. The predicted molar refractivity (Wildman–Crippen MR) is 139 cm³/mol. The average molecular weight is 497 g/mol. The Morgan fingerprint density at radius 1 is 0.593 bits per heavy atom. The topological polar surface area (TPSA) is 0 Å². The molecular formula is C20H49KSi6. The summed E-state index contributed by atoms with van der Waals surface area (Å²) >= 11 is 0. The monoisotopic (exact) mass is 496 g/mol. The van der Waals surface area contributed by atoms with Gasteiger partial charge in [0.15, 0.2) is 0 Å². The summed E-state index contributed by atoms with van der Waals surface area (Å²) in [6.45, 7) is 40.8. The van der Waals surface area contributed by atoms with Gasteiger partial charge in [-0.2, -0.15) is 5.04 Å². The standard InChI is InChI=1S/C20H49Si6.K/c1-18(2,3)21-22-19(23(4,5)6,24(7,8)9)16-17-20(22,25(10,11)12)26(13,14)15;/h16-17H2,1-15H3;/q-1;+1. The molecule has 27 heavy (non-hydrogen) atoms. The minimum atomic E-state index is -1.26. The summed E-state index contributed by atoms with van der Waals surface area (Å²) in [6, 6.07) is 0. The van der Waals surface area contributed by atoms with Gasteiger partial charge in [-0.15, -0.1) is 0 Å². The van der Waals surface area contributed by atoms with E-state index in [0.29, 0.717) is 5.04 Å². The molecular weight excluding hydrogens is 448 g/mol. The fraction of sp³-hybridized carbons (Fsp3) is 1.00. The molecule has 1 fully saturated rings. The molecule has 1 rings (SSSR count). The van der Waals surface area contributed by atoms with Gasteiger partial charge in [0.25, 0.3) is 0 Å². The summed E-state index contributed by atoms with van der Waals surface area (Å²) in [5, 5.41) is 0.508. The molecule has 0 atom stereocenters. The van der Waals surface area contributed by atoms with Crippen LogP contribution in [0.25, 0.3) is 0 Å². The molecule has 0 aromatic heterocycles. The van der Waals surface area contributed by atoms with Gasteiger partial charge in [0, 0.05) is 32.3 Å². The molecule has 0 spiro atoms. The van der Waals surface area contributed by atoms with Gasteiger partial charge in [-0.1, -0.05) is 121 Å². The summed E-state index contributed by atoms with van der Waals surface area (Å²) in [5.74, 6) is 0. The molecule has 0 nitrogen and oxygen atoms in total. The van der Waals surface area contributed by atoms with Crippen molar-refractivity contribution in [3.8, 4) is 0 Å². The Hall–Kier alpha value is 2.94. The first-order chi connectivity index (χ1) is 11.0. The third-order valence-electron chi connectivity index (χ3n) is 7.35. The van der Waals surface area contributed by atoms with E-state index in [1.807, 2.05) is 0 Å². The first kappa shape index (κ1) is 29.9. The maximum absolute atomic E-state index is 2.76. The van der Waals surface area contributed by atoms with Crippen LogP contribution in [0.15, 0.2) is 0 Å². The second kappa shape index (κ2) is 8.70. The minimum absolute atomic E-state index is 0. The Bertz CT molecular complexity index is 492. The van der Waals surface area contributed by atoms with Crippen LogP contribution in [0.5, 0.6) is 0 Å². The van der Waals surface area contributed by atoms with Crippen LogP contribution in [0.3, 0.4) is 0 Å². The zero-order valence-corrected chi connectivity index (χ0v) is 31.0. The first-order valence-corrected chi connectivity index (χ1v) is 28.2. The van der Waals surface area contributed by atoms with Gasteiger partial charge in [0.1, 0.15) is 0 Å². The Labute approximate surface area is 223 Å². The van der Waals surface area contributed by atoms with Crippen molar-refractivity contribution in [2.75, 3.05) is 0 Å². The average Bonchev–Trinajstić information content (AvgIpc) is 2.60. The SMILES string of the molecule is CC(C)(C)[Si-]=[Si]1C([Si](C)(C)C)([Si](C)(C)C)CCC1([Si](C)(C)C)[Si](C)(C)C.[K+]. The van der Waals surface area contributed by atoms with Gasteiger partial charge in [-0.05, 0) is 0 Å². The van der Waals surface area contributed by atoms with Crippen LogP contribution in [0.1, 0.15) is 33.6 Å². The van der Waals surface area contributed by atoms with Crippen molar-refractivity contribution in [1.82, 2.24) is 0 Å². The van der Waals surface area contributed by atoms with Crippen molar-refractivity contribution in [3.63, 3.8) is 0 Å². The van der Waals surface area contributed by atoms with E-state index in [4.69, 9.17) is 0 Å².